The molecule has 0 aromatic heterocycles. The van der Waals surface area contributed by atoms with Crippen molar-refractivity contribution in [3.05, 3.63) is 47.5 Å². The third kappa shape index (κ3) is 2.24. The molecule has 0 aliphatic heterocycles. The van der Waals surface area contributed by atoms with Gasteiger partial charge >= 0.3 is 0 Å². The molecule has 0 fully saturated rings. The monoisotopic (exact) mass is 270 g/mol. The molecule has 0 saturated carbocycles. The van der Waals surface area contributed by atoms with Crippen LogP contribution in [0.4, 0.5) is 0 Å². The van der Waals surface area contributed by atoms with E-state index in [2.05, 4.69) is 0 Å². The third-order valence-corrected chi connectivity index (χ3v) is 4.33. The second kappa shape index (κ2) is 5.35. The standard InChI is InChI=1S/C18H22O2/c1-12(2)16-10-15(19)11-18(13(3)4,17(16)20)14-8-6-5-7-9-14/h5-10,12-13H,11H2,1-4H3. The van der Waals surface area contributed by atoms with Crippen LogP contribution in [0.25, 0.3) is 0 Å². The van der Waals surface area contributed by atoms with Crippen LogP contribution in [0, 0.1) is 11.8 Å². The lowest BCUT2D eigenvalue weighted by Crippen LogP contribution is -2.46. The Morgan fingerprint density at radius 1 is 1.00 bits per heavy atom. The molecular formula is C18H22O2. The van der Waals surface area contributed by atoms with Crippen LogP contribution in [0.15, 0.2) is 42.0 Å². The summed E-state index contributed by atoms with van der Waals surface area (Å²) < 4.78 is 0. The van der Waals surface area contributed by atoms with Gasteiger partial charge in [0.05, 0.1) is 5.41 Å². The molecule has 1 unspecified atom stereocenters. The van der Waals surface area contributed by atoms with Gasteiger partial charge in [-0.05, 0) is 23.5 Å². The topological polar surface area (TPSA) is 34.1 Å². The summed E-state index contributed by atoms with van der Waals surface area (Å²) in [6, 6.07) is 9.74. The van der Waals surface area contributed by atoms with Crippen LogP contribution in [-0.4, -0.2) is 11.6 Å². The fourth-order valence-electron chi connectivity index (χ4n) is 3.10. The normalized spacial score (nSPS) is 23.4. The fourth-order valence-corrected chi connectivity index (χ4v) is 3.10. The second-order valence-electron chi connectivity index (χ2n) is 6.22. The summed E-state index contributed by atoms with van der Waals surface area (Å²) in [6.45, 7) is 8.00. The number of hydrogen-bond donors (Lipinski definition) is 0. The van der Waals surface area contributed by atoms with Gasteiger partial charge < -0.3 is 0 Å². The predicted octanol–water partition coefficient (Wildman–Crippen LogP) is 3.70. The summed E-state index contributed by atoms with van der Waals surface area (Å²) >= 11 is 0. The summed E-state index contributed by atoms with van der Waals surface area (Å²) in [5, 5.41) is 0. The van der Waals surface area contributed by atoms with E-state index < -0.39 is 5.41 Å². The molecule has 2 nitrogen and oxygen atoms in total. The molecule has 1 aliphatic rings. The first kappa shape index (κ1) is 14.7. The second-order valence-corrected chi connectivity index (χ2v) is 6.22. The maximum Gasteiger partial charge on any atom is 0.170 e. The predicted molar refractivity (Wildman–Crippen MR) is 80.5 cm³/mol. The quantitative estimate of drug-likeness (QED) is 0.839. The Bertz CT molecular complexity index is 552. The molecule has 0 N–H and O–H groups in total. The fraction of sp³-hybridized carbons (Fsp3) is 0.444. The molecule has 0 saturated heterocycles. The van der Waals surface area contributed by atoms with Crippen molar-refractivity contribution in [2.45, 2.75) is 39.5 Å². The van der Waals surface area contributed by atoms with Crippen LogP contribution in [0.5, 0.6) is 0 Å². The number of carbonyl (C=O) groups excluding carboxylic acids is 2. The molecule has 0 spiro atoms. The lowest BCUT2D eigenvalue weighted by molar-refractivity contribution is -0.129. The zero-order valence-corrected chi connectivity index (χ0v) is 12.6. The van der Waals surface area contributed by atoms with Gasteiger partial charge in [-0.2, -0.15) is 0 Å². The van der Waals surface area contributed by atoms with E-state index in [0.29, 0.717) is 5.57 Å². The first-order valence-electron chi connectivity index (χ1n) is 7.24. The van der Waals surface area contributed by atoms with Crippen molar-refractivity contribution in [1.82, 2.24) is 0 Å². The van der Waals surface area contributed by atoms with E-state index in [0.717, 1.165) is 5.56 Å². The minimum Gasteiger partial charge on any atom is -0.295 e. The van der Waals surface area contributed by atoms with E-state index in [9.17, 15) is 9.59 Å². The van der Waals surface area contributed by atoms with Crippen molar-refractivity contribution in [1.29, 1.82) is 0 Å². The van der Waals surface area contributed by atoms with Crippen molar-refractivity contribution < 1.29 is 9.59 Å². The zero-order chi connectivity index (χ0) is 14.9. The molecule has 20 heavy (non-hydrogen) atoms. The van der Waals surface area contributed by atoms with E-state index in [4.69, 9.17) is 0 Å². The van der Waals surface area contributed by atoms with Gasteiger partial charge in [-0.25, -0.2) is 0 Å². The summed E-state index contributed by atoms with van der Waals surface area (Å²) in [7, 11) is 0. The molecule has 106 valence electrons. The zero-order valence-electron chi connectivity index (χ0n) is 12.6. The Hall–Kier alpha value is -1.70. The lowest BCUT2D eigenvalue weighted by atomic mass is 9.61. The van der Waals surface area contributed by atoms with Gasteiger partial charge in [-0.1, -0.05) is 58.0 Å². The molecule has 0 heterocycles. The van der Waals surface area contributed by atoms with Crippen LogP contribution in [0.2, 0.25) is 0 Å². The third-order valence-electron chi connectivity index (χ3n) is 4.33. The lowest BCUT2D eigenvalue weighted by Gasteiger charge is -2.39. The molecule has 0 amide bonds. The molecule has 1 aliphatic carbocycles. The molecule has 2 heteroatoms. The van der Waals surface area contributed by atoms with E-state index >= 15 is 0 Å². The minimum atomic E-state index is -0.702. The highest BCUT2D eigenvalue weighted by Crippen LogP contribution is 2.42. The smallest absolute Gasteiger partial charge is 0.170 e. The van der Waals surface area contributed by atoms with Gasteiger partial charge in [-0.3, -0.25) is 9.59 Å². The number of carbonyl (C=O) groups is 2. The number of ketones is 2. The van der Waals surface area contributed by atoms with Gasteiger partial charge in [0.25, 0.3) is 0 Å². The van der Waals surface area contributed by atoms with Crippen molar-refractivity contribution >= 4 is 11.6 Å². The average Bonchev–Trinajstić information content (AvgIpc) is 2.41. The van der Waals surface area contributed by atoms with E-state index in [-0.39, 0.29) is 29.8 Å². The van der Waals surface area contributed by atoms with Gasteiger partial charge in [0, 0.05) is 12.0 Å². The molecule has 0 radical (unpaired) electrons. The van der Waals surface area contributed by atoms with Crippen molar-refractivity contribution in [2.75, 3.05) is 0 Å². The Balaban J connectivity index is 2.63. The number of Topliss-reactive ketones (excluding diaryl/α,β-unsaturated/α-hetero) is 1. The van der Waals surface area contributed by atoms with Crippen LogP contribution >= 0.6 is 0 Å². The number of hydrogen-bond acceptors (Lipinski definition) is 2. The van der Waals surface area contributed by atoms with E-state index in [1.807, 2.05) is 58.0 Å². The summed E-state index contributed by atoms with van der Waals surface area (Å²) in [6.07, 6.45) is 1.83. The van der Waals surface area contributed by atoms with Crippen molar-refractivity contribution in [3.63, 3.8) is 0 Å². The highest BCUT2D eigenvalue weighted by molar-refractivity contribution is 6.14. The first-order valence-corrected chi connectivity index (χ1v) is 7.24. The first-order chi connectivity index (χ1) is 9.39. The average molecular weight is 270 g/mol. The molecule has 0 bridgehead atoms. The minimum absolute atomic E-state index is 0.0610. The van der Waals surface area contributed by atoms with Gasteiger partial charge in [-0.15, -0.1) is 0 Å². The summed E-state index contributed by atoms with van der Waals surface area (Å²) in [5.41, 5.74) is 0.922. The van der Waals surface area contributed by atoms with Crippen molar-refractivity contribution in [2.24, 2.45) is 11.8 Å². The largest absolute Gasteiger partial charge is 0.295 e. The van der Waals surface area contributed by atoms with E-state index in [1.165, 1.54) is 0 Å². The number of benzene rings is 1. The Morgan fingerprint density at radius 2 is 1.60 bits per heavy atom. The molecule has 1 aromatic rings. The van der Waals surface area contributed by atoms with Crippen LogP contribution in [-0.2, 0) is 15.0 Å². The maximum absolute atomic E-state index is 13.1. The molecule has 1 aromatic carbocycles. The van der Waals surface area contributed by atoms with E-state index in [1.54, 1.807) is 6.08 Å². The van der Waals surface area contributed by atoms with Gasteiger partial charge in [0.1, 0.15) is 0 Å². The highest BCUT2D eigenvalue weighted by atomic mass is 16.1. The van der Waals surface area contributed by atoms with Gasteiger partial charge in [0.15, 0.2) is 11.6 Å². The Kier molecular flexibility index (Phi) is 3.94. The number of rotatable bonds is 3. The molecule has 2 rings (SSSR count). The molecular weight excluding hydrogens is 248 g/mol. The van der Waals surface area contributed by atoms with Gasteiger partial charge in [0.2, 0.25) is 0 Å². The summed E-state index contributed by atoms with van der Waals surface area (Å²) in [4.78, 5) is 25.2. The Morgan fingerprint density at radius 3 is 2.10 bits per heavy atom. The van der Waals surface area contributed by atoms with Crippen LogP contribution in [0.1, 0.15) is 39.7 Å². The molecule has 1 atom stereocenters. The maximum atomic E-state index is 13.1. The highest BCUT2D eigenvalue weighted by Gasteiger charge is 2.48. The van der Waals surface area contributed by atoms with Crippen LogP contribution < -0.4 is 0 Å². The van der Waals surface area contributed by atoms with Crippen LogP contribution in [0.3, 0.4) is 0 Å². The SMILES string of the molecule is CC(C)C1=CC(=O)CC(c2ccccc2)(C(C)C)C1=O. The Labute approximate surface area is 120 Å². The van der Waals surface area contributed by atoms with Crippen molar-refractivity contribution in [3.8, 4) is 0 Å². The summed E-state index contributed by atoms with van der Waals surface area (Å²) in [5.74, 6) is 0.344. The number of allylic oxidation sites excluding steroid dienone is 2.